The molecule has 0 bridgehead atoms. The van der Waals surface area contributed by atoms with E-state index in [2.05, 4.69) is 0 Å². The van der Waals surface area contributed by atoms with Gasteiger partial charge in [-0.25, -0.2) is 22.3 Å². The highest BCUT2D eigenvalue weighted by Gasteiger charge is 2.19. The summed E-state index contributed by atoms with van der Waals surface area (Å²) in [6.07, 6.45) is 0. The number of hydrogen-bond acceptors (Lipinski definition) is 4. The van der Waals surface area contributed by atoms with Gasteiger partial charge < -0.3 is 9.64 Å². The van der Waals surface area contributed by atoms with Crippen LogP contribution in [-0.4, -0.2) is 38.9 Å². The summed E-state index contributed by atoms with van der Waals surface area (Å²) in [5.41, 5.74) is 0. The van der Waals surface area contributed by atoms with Crippen LogP contribution in [0.4, 0.5) is 8.78 Å². The Labute approximate surface area is 121 Å². The van der Waals surface area contributed by atoms with E-state index in [1.54, 1.807) is 13.8 Å². The quantitative estimate of drug-likeness (QED) is 0.841. The zero-order valence-electron chi connectivity index (χ0n) is 11.6. The molecule has 0 unspecified atom stereocenters. The Bertz CT molecular complexity index is 607. The van der Waals surface area contributed by atoms with E-state index in [1.165, 1.54) is 4.90 Å². The second kappa shape index (κ2) is 6.81. The fourth-order valence-corrected chi connectivity index (χ4v) is 2.18. The number of sulfonamides is 1. The average Bonchev–Trinajstić information content (AvgIpc) is 2.37. The highest BCUT2D eigenvalue weighted by molar-refractivity contribution is 7.89. The van der Waals surface area contributed by atoms with Crippen LogP contribution in [0, 0.1) is 11.6 Å². The predicted octanol–water partition coefficient (Wildman–Crippen LogP) is 0.859. The van der Waals surface area contributed by atoms with E-state index in [9.17, 15) is 22.0 Å². The molecule has 9 heteroatoms. The smallest absolute Gasteiger partial charge is 0.260 e. The number of primary sulfonamides is 1. The van der Waals surface area contributed by atoms with Crippen molar-refractivity contribution in [1.29, 1.82) is 0 Å². The number of halogens is 2. The van der Waals surface area contributed by atoms with Gasteiger partial charge >= 0.3 is 0 Å². The molecular weight excluding hydrogens is 306 g/mol. The lowest BCUT2D eigenvalue weighted by Crippen LogP contribution is -2.34. The van der Waals surface area contributed by atoms with E-state index in [-0.39, 0.29) is 0 Å². The van der Waals surface area contributed by atoms with E-state index in [1.807, 2.05) is 0 Å². The van der Waals surface area contributed by atoms with Crippen LogP contribution in [0.25, 0.3) is 0 Å². The molecule has 1 amide bonds. The molecule has 1 rings (SSSR count). The number of hydrogen-bond donors (Lipinski definition) is 1. The van der Waals surface area contributed by atoms with Crippen LogP contribution in [0.1, 0.15) is 13.8 Å². The van der Waals surface area contributed by atoms with E-state index >= 15 is 0 Å². The van der Waals surface area contributed by atoms with Gasteiger partial charge in [-0.3, -0.25) is 4.79 Å². The summed E-state index contributed by atoms with van der Waals surface area (Å²) in [5, 5.41) is 4.78. The van der Waals surface area contributed by atoms with Crippen LogP contribution in [-0.2, 0) is 14.8 Å². The number of ether oxygens (including phenoxy) is 1. The van der Waals surface area contributed by atoms with Gasteiger partial charge in [0.15, 0.2) is 24.0 Å². The van der Waals surface area contributed by atoms with Crippen LogP contribution in [0.2, 0.25) is 0 Å². The number of nitrogens with two attached hydrogens (primary N) is 1. The summed E-state index contributed by atoms with van der Waals surface area (Å²) in [6, 6.07) is 1.07. The number of likely N-dealkylation sites (N-methyl/N-ethyl adjacent to an activating group) is 1. The normalized spacial score (nSPS) is 11.3. The lowest BCUT2D eigenvalue weighted by molar-refractivity contribution is -0.133. The molecule has 2 N–H and O–H groups in total. The molecule has 0 aliphatic rings. The zero-order chi connectivity index (χ0) is 16.2. The molecule has 0 aromatic heterocycles. The molecule has 1 aromatic carbocycles. The molecule has 1 aromatic rings. The van der Waals surface area contributed by atoms with Crippen molar-refractivity contribution in [2.24, 2.45) is 5.14 Å². The van der Waals surface area contributed by atoms with Crippen LogP contribution in [0.15, 0.2) is 17.0 Å². The monoisotopic (exact) mass is 322 g/mol. The maximum atomic E-state index is 13.6. The van der Waals surface area contributed by atoms with Crippen molar-refractivity contribution >= 4 is 15.9 Å². The molecule has 21 heavy (non-hydrogen) atoms. The third kappa shape index (κ3) is 4.36. The van der Waals surface area contributed by atoms with Gasteiger partial charge in [-0.2, -0.15) is 0 Å². The van der Waals surface area contributed by atoms with Crippen molar-refractivity contribution < 1.29 is 26.7 Å². The minimum absolute atomic E-state index is 0.436. The molecule has 0 spiro atoms. The Kier molecular flexibility index (Phi) is 5.62. The van der Waals surface area contributed by atoms with Crippen molar-refractivity contribution in [3.8, 4) is 5.75 Å². The Balaban J connectivity index is 2.93. The summed E-state index contributed by atoms with van der Waals surface area (Å²) in [7, 11) is -4.23. The minimum atomic E-state index is -4.23. The van der Waals surface area contributed by atoms with Crippen LogP contribution < -0.4 is 9.88 Å². The molecular formula is C12H16F2N2O4S. The highest BCUT2D eigenvalue weighted by atomic mass is 32.2. The van der Waals surface area contributed by atoms with Gasteiger partial charge in [0.2, 0.25) is 10.0 Å². The third-order valence-electron chi connectivity index (χ3n) is 2.76. The van der Waals surface area contributed by atoms with Crippen LogP contribution in [0.3, 0.4) is 0 Å². The molecule has 0 saturated carbocycles. The third-order valence-corrected chi connectivity index (χ3v) is 3.65. The lowest BCUT2D eigenvalue weighted by atomic mass is 10.3. The number of nitrogens with zero attached hydrogens (tertiary/aromatic N) is 1. The van der Waals surface area contributed by atoms with Gasteiger partial charge in [0.05, 0.1) is 4.90 Å². The number of carbonyl (C=O) groups is 1. The first-order valence-electron chi connectivity index (χ1n) is 6.13. The molecule has 0 radical (unpaired) electrons. The highest BCUT2D eigenvalue weighted by Crippen LogP contribution is 2.25. The number of amides is 1. The van der Waals surface area contributed by atoms with E-state index in [0.29, 0.717) is 25.2 Å². The first kappa shape index (κ1) is 17.3. The standard InChI is InChI=1S/C12H16F2N2O4S/c1-3-16(4-2)11(17)7-20-12-9(13)5-8(6-10(12)14)21(15,18)19/h5-6H,3-4,7H2,1-2H3,(H2,15,18,19). The molecule has 0 fully saturated rings. The molecule has 118 valence electrons. The SMILES string of the molecule is CCN(CC)C(=O)COc1c(F)cc(S(N)(=O)=O)cc1F. The van der Waals surface area contributed by atoms with E-state index in [0.717, 1.165) is 0 Å². The molecule has 0 atom stereocenters. The van der Waals surface area contributed by atoms with E-state index < -0.39 is 44.8 Å². The molecule has 0 aliphatic carbocycles. The summed E-state index contributed by atoms with van der Waals surface area (Å²) < 4.78 is 54.1. The molecule has 0 aliphatic heterocycles. The number of benzene rings is 1. The Hall–Kier alpha value is -1.74. The second-order valence-electron chi connectivity index (χ2n) is 4.12. The number of rotatable bonds is 6. The largest absolute Gasteiger partial charge is 0.478 e. The van der Waals surface area contributed by atoms with Crippen molar-refractivity contribution in [3.05, 3.63) is 23.8 Å². The first-order chi connectivity index (χ1) is 9.70. The second-order valence-corrected chi connectivity index (χ2v) is 5.68. The van der Waals surface area contributed by atoms with E-state index in [4.69, 9.17) is 9.88 Å². The van der Waals surface area contributed by atoms with Crippen molar-refractivity contribution in [2.45, 2.75) is 18.7 Å². The predicted molar refractivity (Wildman–Crippen MR) is 71.2 cm³/mol. The van der Waals surface area contributed by atoms with Gasteiger partial charge in [0.1, 0.15) is 0 Å². The maximum absolute atomic E-state index is 13.6. The zero-order valence-corrected chi connectivity index (χ0v) is 12.4. The summed E-state index contributed by atoms with van der Waals surface area (Å²) in [4.78, 5) is 12.4. The molecule has 0 heterocycles. The van der Waals surface area contributed by atoms with Gasteiger partial charge in [0.25, 0.3) is 5.91 Å². The summed E-state index contributed by atoms with van der Waals surface area (Å²) in [6.45, 7) is 3.83. The van der Waals surface area contributed by atoms with Gasteiger partial charge in [-0.15, -0.1) is 0 Å². The Morgan fingerprint density at radius 1 is 1.24 bits per heavy atom. The first-order valence-corrected chi connectivity index (χ1v) is 7.67. The fourth-order valence-electron chi connectivity index (χ4n) is 1.64. The van der Waals surface area contributed by atoms with Gasteiger partial charge in [-0.05, 0) is 26.0 Å². The Morgan fingerprint density at radius 2 is 1.71 bits per heavy atom. The van der Waals surface area contributed by atoms with Crippen molar-refractivity contribution in [1.82, 2.24) is 4.90 Å². The minimum Gasteiger partial charge on any atom is -0.478 e. The average molecular weight is 322 g/mol. The van der Waals surface area contributed by atoms with Crippen molar-refractivity contribution in [2.75, 3.05) is 19.7 Å². The maximum Gasteiger partial charge on any atom is 0.260 e. The topological polar surface area (TPSA) is 89.7 Å². The molecule has 6 nitrogen and oxygen atoms in total. The van der Waals surface area contributed by atoms with Gasteiger partial charge in [-0.1, -0.05) is 0 Å². The fraction of sp³-hybridized carbons (Fsp3) is 0.417. The lowest BCUT2D eigenvalue weighted by Gasteiger charge is -2.19. The summed E-state index contributed by atoms with van der Waals surface area (Å²) >= 11 is 0. The van der Waals surface area contributed by atoms with Gasteiger partial charge in [0, 0.05) is 13.1 Å². The number of carbonyl (C=O) groups excluding carboxylic acids is 1. The van der Waals surface area contributed by atoms with Crippen LogP contribution in [0.5, 0.6) is 5.75 Å². The van der Waals surface area contributed by atoms with Crippen LogP contribution >= 0.6 is 0 Å². The molecule has 0 saturated heterocycles. The summed E-state index contributed by atoms with van der Waals surface area (Å²) in [5.74, 6) is -3.74. The Morgan fingerprint density at radius 3 is 2.10 bits per heavy atom. The van der Waals surface area contributed by atoms with Crippen molar-refractivity contribution in [3.63, 3.8) is 0 Å².